The molecule has 0 saturated heterocycles. The van der Waals surface area contributed by atoms with E-state index in [9.17, 15) is 24.9 Å². The molecular weight excluding hydrogens is 436 g/mol. The molecule has 2 aliphatic rings. The van der Waals surface area contributed by atoms with Crippen LogP contribution in [0.2, 0.25) is 0 Å². The number of phenols is 2. The van der Waals surface area contributed by atoms with E-state index in [0.29, 0.717) is 18.4 Å². The van der Waals surface area contributed by atoms with Crippen molar-refractivity contribution in [3.05, 3.63) is 47.1 Å². The number of rotatable bonds is 5. The second-order valence-electron chi connectivity index (χ2n) is 10.3. The van der Waals surface area contributed by atoms with Crippen molar-refractivity contribution in [2.75, 3.05) is 0 Å². The van der Waals surface area contributed by atoms with E-state index in [2.05, 4.69) is 6.08 Å². The Morgan fingerprint density at radius 3 is 2.44 bits per heavy atom. The predicted octanol–water partition coefficient (Wildman–Crippen LogP) is 4.65. The summed E-state index contributed by atoms with van der Waals surface area (Å²) in [6.07, 6.45) is 3.78. The molecule has 1 aromatic carbocycles. The molecule has 0 heterocycles. The van der Waals surface area contributed by atoms with E-state index >= 15 is 0 Å². The Kier molecular flexibility index (Phi) is 7.18. The highest BCUT2D eigenvalue weighted by Crippen LogP contribution is 2.59. The van der Waals surface area contributed by atoms with Crippen LogP contribution < -0.4 is 0 Å². The number of fused-ring (bicyclic) bond motifs is 1. The second kappa shape index (κ2) is 9.45. The lowest BCUT2D eigenvalue weighted by atomic mass is 9.67. The quantitative estimate of drug-likeness (QED) is 0.247. The average molecular weight is 473 g/mol. The van der Waals surface area contributed by atoms with Crippen molar-refractivity contribution in [1.29, 1.82) is 0 Å². The van der Waals surface area contributed by atoms with E-state index in [1.165, 1.54) is 12.1 Å². The van der Waals surface area contributed by atoms with Crippen LogP contribution in [0.5, 0.6) is 11.5 Å². The van der Waals surface area contributed by atoms with Crippen molar-refractivity contribution in [3.8, 4) is 11.5 Å². The maximum absolute atomic E-state index is 13.0. The van der Waals surface area contributed by atoms with Crippen molar-refractivity contribution in [1.82, 2.24) is 0 Å². The fourth-order valence-electron chi connectivity index (χ4n) is 5.42. The minimum Gasteiger partial charge on any atom is -0.504 e. The summed E-state index contributed by atoms with van der Waals surface area (Å²) in [6.45, 7) is 11.3. The van der Waals surface area contributed by atoms with Crippen LogP contribution in [-0.4, -0.2) is 45.1 Å². The summed E-state index contributed by atoms with van der Waals surface area (Å²) in [5.74, 6) is -2.49. The highest BCUT2D eigenvalue weighted by atomic mass is 16.6. The molecule has 2 aliphatic carbocycles. The minimum absolute atomic E-state index is 0.0978. The monoisotopic (exact) mass is 472 g/mol. The molecule has 7 nitrogen and oxygen atoms in total. The summed E-state index contributed by atoms with van der Waals surface area (Å²) in [7, 11) is 0. The Hall–Kier alpha value is -2.80. The molecule has 3 rings (SSSR count). The third-order valence-corrected chi connectivity index (χ3v) is 7.76. The van der Waals surface area contributed by atoms with Gasteiger partial charge in [-0.25, -0.2) is 9.59 Å². The Bertz CT molecular complexity index is 1020. The molecule has 0 unspecified atom stereocenters. The van der Waals surface area contributed by atoms with Crippen LogP contribution in [0.15, 0.2) is 41.5 Å². The maximum Gasteiger partial charge on any atom is 0.338 e. The molecule has 0 aliphatic heterocycles. The van der Waals surface area contributed by atoms with E-state index < -0.39 is 46.8 Å². The third-order valence-electron chi connectivity index (χ3n) is 7.76. The highest BCUT2D eigenvalue weighted by molar-refractivity contribution is 5.90. The van der Waals surface area contributed by atoms with Gasteiger partial charge in [0.05, 0.1) is 11.2 Å². The zero-order valence-corrected chi connectivity index (χ0v) is 20.8. The number of aliphatic hydroxyl groups is 1. The van der Waals surface area contributed by atoms with Crippen LogP contribution in [0.25, 0.3) is 0 Å². The van der Waals surface area contributed by atoms with Gasteiger partial charge in [-0.15, -0.1) is 0 Å². The van der Waals surface area contributed by atoms with Gasteiger partial charge in [-0.2, -0.15) is 0 Å². The van der Waals surface area contributed by atoms with Crippen LogP contribution in [0, 0.1) is 17.3 Å². The van der Waals surface area contributed by atoms with E-state index in [4.69, 9.17) is 9.47 Å². The van der Waals surface area contributed by atoms with E-state index in [0.717, 1.165) is 11.6 Å². The summed E-state index contributed by atoms with van der Waals surface area (Å²) >= 11 is 0. The number of hydrogen-bond acceptors (Lipinski definition) is 7. The lowest BCUT2D eigenvalue weighted by molar-refractivity contribution is -0.151. The van der Waals surface area contributed by atoms with Crippen molar-refractivity contribution in [2.24, 2.45) is 17.3 Å². The Balaban J connectivity index is 2.01. The van der Waals surface area contributed by atoms with Crippen molar-refractivity contribution in [3.63, 3.8) is 0 Å². The van der Waals surface area contributed by atoms with Crippen molar-refractivity contribution in [2.45, 2.75) is 78.6 Å². The number of esters is 2. The van der Waals surface area contributed by atoms with Gasteiger partial charge in [0, 0.05) is 29.7 Å². The fourth-order valence-corrected chi connectivity index (χ4v) is 5.42. The van der Waals surface area contributed by atoms with Gasteiger partial charge in [-0.3, -0.25) is 0 Å². The Morgan fingerprint density at radius 1 is 1.18 bits per heavy atom. The third kappa shape index (κ3) is 4.58. The van der Waals surface area contributed by atoms with Gasteiger partial charge in [0.25, 0.3) is 0 Å². The molecule has 3 N–H and O–H groups in total. The largest absolute Gasteiger partial charge is 0.504 e. The number of carbonyl (C=O) groups is 2. The molecule has 1 saturated carbocycles. The number of hydrogen-bond donors (Lipinski definition) is 3. The Labute approximate surface area is 201 Å². The van der Waals surface area contributed by atoms with Crippen LogP contribution >= 0.6 is 0 Å². The molecule has 186 valence electrons. The molecular formula is C27H36O7. The molecule has 0 spiro atoms. The molecule has 0 bridgehead atoms. The van der Waals surface area contributed by atoms with E-state index in [1.54, 1.807) is 19.9 Å². The molecule has 5 atom stereocenters. The number of benzene rings is 1. The highest BCUT2D eigenvalue weighted by Gasteiger charge is 2.65. The van der Waals surface area contributed by atoms with E-state index in [1.807, 2.05) is 27.7 Å². The molecule has 0 amide bonds. The molecule has 0 aromatic heterocycles. The first-order chi connectivity index (χ1) is 15.8. The zero-order chi connectivity index (χ0) is 25.4. The summed E-state index contributed by atoms with van der Waals surface area (Å²) in [6, 6.07) is 3.76. The van der Waals surface area contributed by atoms with Gasteiger partial charge in [-0.05, 0) is 51.3 Å². The summed E-state index contributed by atoms with van der Waals surface area (Å²) in [4.78, 5) is 25.7. The summed E-state index contributed by atoms with van der Waals surface area (Å²) < 4.78 is 11.9. The van der Waals surface area contributed by atoms with Gasteiger partial charge < -0.3 is 24.8 Å². The number of carbonyl (C=O) groups excluding carboxylic acids is 2. The lowest BCUT2D eigenvalue weighted by Crippen LogP contribution is -2.50. The topological polar surface area (TPSA) is 113 Å². The first-order valence-corrected chi connectivity index (χ1v) is 11.8. The van der Waals surface area contributed by atoms with Gasteiger partial charge in [0.1, 0.15) is 12.2 Å². The standard InChI is InChI=1S/C27H36O7/c1-7-17(5)24(30)34-22-14-27(32,15(2)3)23-21(12-16(4)10-11-26(22,23)6)33-25(31)18-8-9-19(28)20(29)13-18/h7-10,13,15,21-23,28-29,32H,11-12,14H2,1-6H3/t21-,22+,23+,26-,27+/m0/s1. The average Bonchev–Trinajstić information content (AvgIpc) is 2.91. The number of ether oxygens (including phenoxy) is 2. The van der Waals surface area contributed by atoms with Gasteiger partial charge in [-0.1, -0.05) is 38.5 Å². The molecule has 0 radical (unpaired) electrons. The van der Waals surface area contributed by atoms with Crippen LogP contribution in [0.1, 0.15) is 71.2 Å². The number of allylic oxidation sites excluding steroid dienone is 2. The maximum atomic E-state index is 13.0. The van der Waals surface area contributed by atoms with Crippen LogP contribution in [0.3, 0.4) is 0 Å². The summed E-state index contributed by atoms with van der Waals surface area (Å²) in [5, 5.41) is 31.3. The smallest absolute Gasteiger partial charge is 0.338 e. The SMILES string of the molecule is CC=C(C)C(=O)O[C@@H]1C[C@@](O)(C(C)C)[C@@H]2[C@@H](OC(=O)c3ccc(O)c(O)c3)CC(C)=CC[C@]21C. The normalized spacial score (nSPS) is 31.5. The van der Waals surface area contributed by atoms with Crippen molar-refractivity contribution >= 4 is 11.9 Å². The van der Waals surface area contributed by atoms with Gasteiger partial charge in [0.15, 0.2) is 11.5 Å². The number of phenolic OH excluding ortho intramolecular Hbond substituents is 2. The minimum atomic E-state index is -1.23. The lowest BCUT2D eigenvalue weighted by Gasteiger charge is -2.43. The fraction of sp³-hybridized carbons (Fsp3) is 0.556. The molecule has 34 heavy (non-hydrogen) atoms. The molecule has 1 fully saturated rings. The van der Waals surface area contributed by atoms with Gasteiger partial charge in [0.2, 0.25) is 0 Å². The van der Waals surface area contributed by atoms with Crippen molar-refractivity contribution < 1.29 is 34.4 Å². The predicted molar refractivity (Wildman–Crippen MR) is 127 cm³/mol. The summed E-state index contributed by atoms with van der Waals surface area (Å²) in [5.41, 5.74) is -0.286. The second-order valence-corrected chi connectivity index (χ2v) is 10.3. The Morgan fingerprint density at radius 2 is 1.85 bits per heavy atom. The first kappa shape index (κ1) is 25.8. The van der Waals surface area contributed by atoms with E-state index in [-0.39, 0.29) is 23.7 Å². The van der Waals surface area contributed by atoms with Crippen LogP contribution in [0.4, 0.5) is 0 Å². The zero-order valence-electron chi connectivity index (χ0n) is 20.8. The first-order valence-electron chi connectivity index (χ1n) is 11.8. The number of aromatic hydroxyl groups is 2. The van der Waals surface area contributed by atoms with Crippen LogP contribution in [-0.2, 0) is 14.3 Å². The molecule has 1 aromatic rings. The molecule has 7 heteroatoms. The van der Waals surface area contributed by atoms with Gasteiger partial charge >= 0.3 is 11.9 Å².